The molecule has 0 aliphatic rings. The third-order valence-electron chi connectivity index (χ3n) is 8.38. The van der Waals surface area contributed by atoms with Gasteiger partial charge < -0.3 is 77.1 Å². The molecule has 0 spiro atoms. The lowest BCUT2D eigenvalue weighted by Crippen LogP contribution is -2.59. The fourth-order valence-electron chi connectivity index (χ4n) is 5.31. The van der Waals surface area contributed by atoms with E-state index < -0.39 is 108 Å². The van der Waals surface area contributed by atoms with Gasteiger partial charge in [-0.15, -0.1) is 0 Å². The van der Waals surface area contributed by atoms with Crippen LogP contribution < -0.4 is 72.0 Å². The van der Waals surface area contributed by atoms with E-state index >= 15 is 0 Å². The number of carboxylic acids is 1. The molecule has 9 amide bonds. The number of guanidine groups is 2. The molecule has 0 rings (SSSR count). The van der Waals surface area contributed by atoms with E-state index in [9.17, 15) is 53.1 Å². The zero-order chi connectivity index (χ0) is 46.7. The molecule has 0 saturated carbocycles. The van der Waals surface area contributed by atoms with Gasteiger partial charge in [-0.2, -0.15) is 11.8 Å². The van der Waals surface area contributed by atoms with Crippen LogP contribution in [-0.4, -0.2) is 138 Å². The Hall–Kier alpha value is -6.41. The number of nitrogens with two attached hydrogens (primary N) is 7. The summed E-state index contributed by atoms with van der Waals surface area (Å²) in [6, 6.07) is -8.59. The van der Waals surface area contributed by atoms with Crippen LogP contribution in [0.15, 0.2) is 9.98 Å². The molecule has 0 aliphatic carbocycles. The molecule has 0 aliphatic heterocycles. The Balaban J connectivity index is 6.52. The van der Waals surface area contributed by atoms with Crippen LogP contribution in [0.2, 0.25) is 0 Å². The summed E-state index contributed by atoms with van der Waals surface area (Å²) in [6.45, 7) is 1.21. The molecule has 0 unspecified atom stereocenters. The maximum Gasteiger partial charge on any atom is 0.326 e. The lowest BCUT2D eigenvalue weighted by atomic mass is 10.0. The smallest absolute Gasteiger partial charge is 0.326 e. The van der Waals surface area contributed by atoms with E-state index in [2.05, 4.69) is 41.9 Å². The summed E-state index contributed by atoms with van der Waals surface area (Å²) in [6.07, 6.45) is -0.337. The van der Waals surface area contributed by atoms with Crippen LogP contribution in [-0.2, 0) is 47.9 Å². The minimum Gasteiger partial charge on any atom is -0.480 e. The minimum absolute atomic E-state index is 0.0175. The van der Waals surface area contributed by atoms with Crippen LogP contribution in [0.5, 0.6) is 0 Å². The number of amides is 9. The second-order valence-corrected chi connectivity index (χ2v) is 14.6. The molecular weight excluding hydrogens is 827 g/mol. The molecule has 21 N–H and O–H groups in total. The van der Waals surface area contributed by atoms with Crippen molar-refractivity contribution in [1.82, 2.24) is 31.9 Å². The van der Waals surface area contributed by atoms with Crippen LogP contribution >= 0.6 is 11.8 Å². The van der Waals surface area contributed by atoms with E-state index in [0.29, 0.717) is 0 Å². The monoisotopic (exact) mass is 887 g/mol. The number of carbonyl (C=O) groups excluding carboxylic acids is 9. The van der Waals surface area contributed by atoms with Gasteiger partial charge in [0.25, 0.3) is 0 Å². The molecule has 0 bridgehead atoms. The molecule has 0 aromatic carbocycles. The number of nitrogens with one attached hydrogen (secondary N) is 6. The molecule has 0 radical (unpaired) electrons. The van der Waals surface area contributed by atoms with Gasteiger partial charge in [-0.3, -0.25) is 53.1 Å². The van der Waals surface area contributed by atoms with E-state index in [4.69, 9.17) is 40.1 Å². The fraction of sp³-hybridized carbons (Fsp3) is 0.647. The van der Waals surface area contributed by atoms with Crippen molar-refractivity contribution >= 4 is 82.8 Å². The molecule has 0 aromatic heterocycles. The van der Waals surface area contributed by atoms with Gasteiger partial charge in [-0.05, 0) is 63.4 Å². The van der Waals surface area contributed by atoms with Crippen LogP contribution in [0.25, 0.3) is 0 Å². The molecule has 61 heavy (non-hydrogen) atoms. The summed E-state index contributed by atoms with van der Waals surface area (Å²) in [5.41, 5.74) is 37.2. The predicted octanol–water partition coefficient (Wildman–Crippen LogP) is -6.34. The zero-order valence-corrected chi connectivity index (χ0v) is 35.1. The van der Waals surface area contributed by atoms with Crippen molar-refractivity contribution in [3.63, 3.8) is 0 Å². The van der Waals surface area contributed by atoms with Crippen LogP contribution in [0.3, 0.4) is 0 Å². The number of rotatable bonds is 32. The number of aliphatic carboxylic acids is 1. The van der Waals surface area contributed by atoms with Crippen molar-refractivity contribution < 1.29 is 53.1 Å². The van der Waals surface area contributed by atoms with Crippen molar-refractivity contribution in [3.8, 4) is 0 Å². The van der Waals surface area contributed by atoms with Gasteiger partial charge >= 0.3 is 5.97 Å². The zero-order valence-electron chi connectivity index (χ0n) is 34.2. The number of primary amides is 3. The Morgan fingerprint density at radius 1 is 0.475 bits per heavy atom. The molecular formula is C34H61N15O11S. The maximum atomic E-state index is 13.8. The average molecular weight is 888 g/mol. The van der Waals surface area contributed by atoms with Crippen molar-refractivity contribution in [2.75, 3.05) is 25.1 Å². The number of carbonyl (C=O) groups is 10. The van der Waals surface area contributed by atoms with Gasteiger partial charge in [0.2, 0.25) is 53.2 Å². The van der Waals surface area contributed by atoms with Gasteiger partial charge in [0, 0.05) is 39.3 Å². The standard InChI is InChI=1S/C34H61N15O11S/c1-17(50)44-19(7-10-24(35)51)28(55)46-21(9-12-26(37)53)30(57)48-22(13-16-61-2)31(58)47-20(8-11-25(36)52)29(56)45-18(5-3-14-42-33(38)39)27(54)49-23(32(59)60)6-4-15-43-34(40)41/h18-23H,3-16H2,1-2H3,(H2,35,51)(H2,36,52)(H2,37,53)(H,44,50)(H,45,56)(H,46,55)(H,47,58)(H,48,57)(H,49,54)(H,59,60)(H4,38,39,42)(H4,40,41,43)/t18-,19-,20-,21-,22-,23-/m0/s1. The van der Waals surface area contributed by atoms with Gasteiger partial charge in [0.05, 0.1) is 0 Å². The molecule has 27 heteroatoms. The predicted molar refractivity (Wildman–Crippen MR) is 223 cm³/mol. The normalized spacial score (nSPS) is 13.5. The Bertz CT molecular complexity index is 1610. The van der Waals surface area contributed by atoms with Crippen molar-refractivity contribution in [3.05, 3.63) is 0 Å². The minimum atomic E-state index is -1.55. The third kappa shape index (κ3) is 25.6. The number of aliphatic imine (C=N–C) groups is 2. The summed E-state index contributed by atoms with van der Waals surface area (Å²) in [7, 11) is 0. The van der Waals surface area contributed by atoms with Gasteiger partial charge in [-0.25, -0.2) is 4.79 Å². The van der Waals surface area contributed by atoms with Gasteiger partial charge in [-0.1, -0.05) is 0 Å². The van der Waals surface area contributed by atoms with E-state index in [0.717, 1.165) is 6.92 Å². The lowest BCUT2D eigenvalue weighted by molar-refractivity contribution is -0.142. The number of hydrogen-bond acceptors (Lipinski definition) is 13. The lowest BCUT2D eigenvalue weighted by Gasteiger charge is -2.27. The molecule has 6 atom stereocenters. The summed E-state index contributed by atoms with van der Waals surface area (Å²) < 4.78 is 0. The topological polar surface area (TPSA) is 470 Å². The first kappa shape index (κ1) is 54.6. The quantitative estimate of drug-likeness (QED) is 0.0170. The fourth-order valence-corrected chi connectivity index (χ4v) is 5.78. The maximum absolute atomic E-state index is 13.8. The van der Waals surface area contributed by atoms with Crippen molar-refractivity contribution in [2.45, 2.75) is 114 Å². The highest BCUT2D eigenvalue weighted by Crippen LogP contribution is 2.09. The highest BCUT2D eigenvalue weighted by molar-refractivity contribution is 7.98. The first-order valence-corrected chi connectivity index (χ1v) is 20.4. The second kappa shape index (κ2) is 29.7. The van der Waals surface area contributed by atoms with E-state index in [1.54, 1.807) is 6.26 Å². The van der Waals surface area contributed by atoms with Crippen LogP contribution in [0.1, 0.15) is 77.6 Å². The number of carboxylic acid groups (broad SMARTS) is 1. The first-order valence-electron chi connectivity index (χ1n) is 19.0. The second-order valence-electron chi connectivity index (χ2n) is 13.6. The number of hydrogen-bond donors (Lipinski definition) is 14. The Morgan fingerprint density at radius 3 is 1.07 bits per heavy atom. The third-order valence-corrected chi connectivity index (χ3v) is 9.02. The molecule has 0 aromatic rings. The van der Waals surface area contributed by atoms with Crippen molar-refractivity contribution in [1.29, 1.82) is 0 Å². The van der Waals surface area contributed by atoms with Crippen molar-refractivity contribution in [2.24, 2.45) is 50.1 Å². The SMILES string of the molecule is CSCC[C@H](NC(=O)[C@H](CCC(N)=O)NC(=O)[C@H](CCC(N)=O)NC(C)=O)C(=O)N[C@@H](CCC(N)=O)C(=O)N[C@@H](CCCN=C(N)N)C(=O)N[C@@H](CCCN=C(N)N)C(=O)O. The van der Waals surface area contributed by atoms with E-state index in [-0.39, 0.29) is 88.5 Å². The largest absolute Gasteiger partial charge is 0.480 e. The molecule has 26 nitrogen and oxygen atoms in total. The van der Waals surface area contributed by atoms with Gasteiger partial charge in [0.1, 0.15) is 36.3 Å². The Kier molecular flexibility index (Phi) is 26.6. The summed E-state index contributed by atoms with van der Waals surface area (Å²) >= 11 is 1.29. The molecule has 344 valence electrons. The summed E-state index contributed by atoms with van der Waals surface area (Å²) in [5, 5.41) is 24.3. The Labute approximate surface area is 356 Å². The first-order chi connectivity index (χ1) is 28.6. The molecule has 0 saturated heterocycles. The Morgan fingerprint density at radius 2 is 0.770 bits per heavy atom. The highest BCUT2D eigenvalue weighted by atomic mass is 32.2. The highest BCUT2D eigenvalue weighted by Gasteiger charge is 2.33. The van der Waals surface area contributed by atoms with Crippen LogP contribution in [0, 0.1) is 0 Å². The van der Waals surface area contributed by atoms with Gasteiger partial charge in [0.15, 0.2) is 11.9 Å². The summed E-state index contributed by atoms with van der Waals surface area (Å²) in [5.74, 6) is -9.37. The number of thioether (sulfide) groups is 1. The molecule has 0 fully saturated rings. The summed E-state index contributed by atoms with van der Waals surface area (Å²) in [4.78, 5) is 134. The van der Waals surface area contributed by atoms with E-state index in [1.807, 2.05) is 0 Å². The number of nitrogens with zero attached hydrogens (tertiary/aromatic N) is 2. The average Bonchev–Trinajstić information content (AvgIpc) is 3.16. The molecule has 0 heterocycles. The van der Waals surface area contributed by atoms with Crippen LogP contribution in [0.4, 0.5) is 0 Å². The van der Waals surface area contributed by atoms with E-state index in [1.165, 1.54) is 11.8 Å².